The number of benzene rings is 1. The smallest absolute Gasteiger partial charge is 0.341 e. The molecule has 0 bridgehead atoms. The van der Waals surface area contributed by atoms with Gasteiger partial charge < -0.3 is 29.0 Å². The number of carboxylic acids is 1. The Kier molecular flexibility index (Phi) is 6.00. The third kappa shape index (κ3) is 4.16. The highest BCUT2D eigenvalue weighted by atomic mass is 19.1. The molecule has 2 aliphatic rings. The molecule has 5 rings (SSSR count). The molecule has 1 aromatic carbocycles. The molecule has 10 heteroatoms. The molecule has 1 saturated heterocycles. The molecule has 186 valence electrons. The minimum atomic E-state index is -1.33. The lowest BCUT2D eigenvalue weighted by molar-refractivity contribution is 0.0694. The van der Waals surface area contributed by atoms with Gasteiger partial charge in [0.1, 0.15) is 17.5 Å². The van der Waals surface area contributed by atoms with Crippen LogP contribution in [0.15, 0.2) is 33.9 Å². The van der Waals surface area contributed by atoms with Crippen LogP contribution in [0.4, 0.5) is 10.1 Å². The van der Waals surface area contributed by atoms with Crippen molar-refractivity contribution in [3.8, 4) is 5.75 Å². The number of nitrogens with one attached hydrogen (secondary N) is 1. The summed E-state index contributed by atoms with van der Waals surface area (Å²) >= 11 is 0. The zero-order chi connectivity index (χ0) is 24.9. The van der Waals surface area contributed by atoms with Crippen molar-refractivity contribution in [3.05, 3.63) is 52.2 Å². The molecule has 2 unspecified atom stereocenters. The Balaban J connectivity index is 1.59. The highest BCUT2D eigenvalue weighted by Crippen LogP contribution is 2.45. The van der Waals surface area contributed by atoms with Gasteiger partial charge in [-0.05, 0) is 25.3 Å². The van der Waals surface area contributed by atoms with Crippen molar-refractivity contribution < 1.29 is 23.4 Å². The number of fused-ring (bicyclic) bond motifs is 1. The first-order valence-electron chi connectivity index (χ1n) is 11.9. The van der Waals surface area contributed by atoms with E-state index in [2.05, 4.69) is 24.1 Å². The van der Waals surface area contributed by atoms with Gasteiger partial charge in [0.25, 0.3) is 0 Å². The lowest BCUT2D eigenvalue weighted by Crippen LogP contribution is -2.35. The van der Waals surface area contributed by atoms with Crippen LogP contribution in [0, 0.1) is 11.7 Å². The molecular formula is C25H29FN4O5. The first kappa shape index (κ1) is 23.3. The standard InChI is InChI=1S/C25H29FN4O5/c1-13(2)28-19(24-27-7-9-35-24)14-6-8-29(11-14)21-18(26)10-16-20(23(21)34-3)30(15-4-5-15)12-17(22(16)31)25(32)33/h7,9-10,12-15,19,28H,4-6,8,11H2,1-3H3,(H,32,33). The number of rotatable bonds is 8. The number of halogens is 1. The minimum Gasteiger partial charge on any atom is -0.492 e. The van der Waals surface area contributed by atoms with E-state index >= 15 is 4.39 Å². The number of methoxy groups -OCH3 is 1. The van der Waals surface area contributed by atoms with Gasteiger partial charge in [-0.2, -0.15) is 0 Å². The summed E-state index contributed by atoms with van der Waals surface area (Å²) in [4.78, 5) is 30.9. The van der Waals surface area contributed by atoms with Crippen molar-refractivity contribution in [2.24, 2.45) is 5.92 Å². The van der Waals surface area contributed by atoms with Crippen LogP contribution in [0.25, 0.3) is 10.9 Å². The average Bonchev–Trinajstić information content (AvgIpc) is 3.30. The summed E-state index contributed by atoms with van der Waals surface area (Å²) in [6.45, 7) is 5.22. The molecule has 2 aromatic heterocycles. The molecule has 2 atom stereocenters. The number of oxazole rings is 1. The zero-order valence-corrected chi connectivity index (χ0v) is 20.0. The van der Waals surface area contributed by atoms with Crippen molar-refractivity contribution >= 4 is 22.6 Å². The van der Waals surface area contributed by atoms with Crippen LogP contribution >= 0.6 is 0 Å². The molecule has 9 nitrogen and oxygen atoms in total. The summed E-state index contributed by atoms with van der Waals surface area (Å²) in [5.74, 6) is -0.976. The van der Waals surface area contributed by atoms with E-state index in [-0.39, 0.29) is 46.4 Å². The van der Waals surface area contributed by atoms with Gasteiger partial charge in [0.15, 0.2) is 11.6 Å². The van der Waals surface area contributed by atoms with E-state index < -0.39 is 17.2 Å². The number of ether oxygens (including phenoxy) is 1. The molecular weight excluding hydrogens is 455 g/mol. The molecule has 1 saturated carbocycles. The topological polar surface area (TPSA) is 110 Å². The van der Waals surface area contributed by atoms with E-state index in [1.54, 1.807) is 17.0 Å². The SMILES string of the molecule is COc1c(N2CCC(C(NC(C)C)c3ncco3)C2)c(F)cc2c(=O)c(C(=O)O)cn(C3CC3)c12. The van der Waals surface area contributed by atoms with Gasteiger partial charge in [-0.1, -0.05) is 13.8 Å². The fourth-order valence-electron chi connectivity index (χ4n) is 5.14. The van der Waals surface area contributed by atoms with Crippen LogP contribution in [0.2, 0.25) is 0 Å². The van der Waals surface area contributed by atoms with E-state index in [0.717, 1.165) is 25.3 Å². The molecule has 2 fully saturated rings. The summed E-state index contributed by atoms with van der Waals surface area (Å²) < 4.78 is 28.7. The van der Waals surface area contributed by atoms with Gasteiger partial charge in [0.05, 0.1) is 30.3 Å². The normalized spacial score (nSPS) is 19.0. The Hall–Kier alpha value is -3.40. The average molecular weight is 485 g/mol. The van der Waals surface area contributed by atoms with E-state index in [9.17, 15) is 14.7 Å². The van der Waals surface area contributed by atoms with Crippen molar-refractivity contribution in [2.75, 3.05) is 25.1 Å². The Labute approximate surface area is 201 Å². The Morgan fingerprint density at radius 1 is 1.34 bits per heavy atom. The fraction of sp³-hybridized carbons (Fsp3) is 0.480. The molecule has 0 amide bonds. The van der Waals surface area contributed by atoms with Gasteiger partial charge in [0, 0.05) is 37.3 Å². The molecule has 0 radical (unpaired) electrons. The van der Waals surface area contributed by atoms with Crippen LogP contribution in [-0.2, 0) is 0 Å². The summed E-state index contributed by atoms with van der Waals surface area (Å²) in [5.41, 5.74) is -0.351. The Bertz CT molecular complexity index is 1320. The van der Waals surface area contributed by atoms with Gasteiger partial charge >= 0.3 is 5.97 Å². The summed E-state index contributed by atoms with van der Waals surface area (Å²) in [5, 5.41) is 13.1. The maximum atomic E-state index is 15.6. The highest BCUT2D eigenvalue weighted by molar-refractivity contribution is 5.97. The van der Waals surface area contributed by atoms with Crippen LogP contribution in [-0.4, -0.2) is 46.9 Å². The first-order chi connectivity index (χ1) is 16.8. The van der Waals surface area contributed by atoms with E-state index in [1.807, 2.05) is 4.90 Å². The number of aromatic carboxylic acids is 1. The summed E-state index contributed by atoms with van der Waals surface area (Å²) in [7, 11) is 1.45. The monoisotopic (exact) mass is 484 g/mol. The molecule has 3 heterocycles. The number of carboxylic acid groups (broad SMARTS) is 1. The lowest BCUT2D eigenvalue weighted by atomic mass is 9.98. The second-order valence-corrected chi connectivity index (χ2v) is 9.62. The number of hydrogen-bond acceptors (Lipinski definition) is 7. The van der Waals surface area contributed by atoms with Crippen LogP contribution in [0.3, 0.4) is 0 Å². The number of nitrogens with zero attached hydrogens (tertiary/aromatic N) is 3. The van der Waals surface area contributed by atoms with Crippen LogP contribution in [0.5, 0.6) is 5.75 Å². The minimum absolute atomic E-state index is 0.0183. The van der Waals surface area contributed by atoms with E-state index in [1.165, 1.54) is 13.3 Å². The second-order valence-electron chi connectivity index (χ2n) is 9.62. The van der Waals surface area contributed by atoms with E-state index in [4.69, 9.17) is 9.15 Å². The van der Waals surface area contributed by atoms with Gasteiger partial charge in [-0.15, -0.1) is 0 Å². The number of anilines is 1. The maximum absolute atomic E-state index is 15.6. The predicted octanol–water partition coefficient (Wildman–Crippen LogP) is 3.74. The predicted molar refractivity (Wildman–Crippen MR) is 128 cm³/mol. The molecule has 0 spiro atoms. The van der Waals surface area contributed by atoms with Gasteiger partial charge in [0.2, 0.25) is 11.3 Å². The largest absolute Gasteiger partial charge is 0.492 e. The zero-order valence-electron chi connectivity index (χ0n) is 20.0. The van der Waals surface area contributed by atoms with Crippen LogP contribution < -0.4 is 20.4 Å². The van der Waals surface area contributed by atoms with Crippen molar-refractivity contribution in [2.45, 2.75) is 51.2 Å². The van der Waals surface area contributed by atoms with Crippen molar-refractivity contribution in [3.63, 3.8) is 0 Å². The summed E-state index contributed by atoms with van der Waals surface area (Å²) in [6.07, 6.45) is 7.03. The molecule has 1 aliphatic carbocycles. The third-order valence-corrected chi connectivity index (χ3v) is 6.82. The maximum Gasteiger partial charge on any atom is 0.341 e. The van der Waals surface area contributed by atoms with Crippen LogP contribution in [0.1, 0.15) is 61.4 Å². The van der Waals surface area contributed by atoms with Gasteiger partial charge in [-0.25, -0.2) is 14.2 Å². The fourth-order valence-corrected chi connectivity index (χ4v) is 5.14. The Morgan fingerprint density at radius 3 is 2.71 bits per heavy atom. The van der Waals surface area contributed by atoms with Gasteiger partial charge in [-0.3, -0.25) is 4.79 Å². The number of carbonyl (C=O) groups is 1. The highest BCUT2D eigenvalue weighted by Gasteiger charge is 2.37. The summed E-state index contributed by atoms with van der Waals surface area (Å²) in [6, 6.07) is 1.28. The molecule has 1 aliphatic heterocycles. The van der Waals surface area contributed by atoms with Crippen molar-refractivity contribution in [1.29, 1.82) is 0 Å². The molecule has 2 N–H and O–H groups in total. The molecule has 35 heavy (non-hydrogen) atoms. The number of pyridine rings is 1. The number of hydrogen-bond donors (Lipinski definition) is 2. The second kappa shape index (κ2) is 8.99. The van der Waals surface area contributed by atoms with E-state index in [0.29, 0.717) is 24.5 Å². The lowest BCUT2D eigenvalue weighted by Gasteiger charge is -2.27. The Morgan fingerprint density at radius 2 is 2.11 bits per heavy atom. The first-order valence-corrected chi connectivity index (χ1v) is 11.9. The number of aromatic nitrogens is 2. The third-order valence-electron chi connectivity index (χ3n) is 6.82. The quantitative estimate of drug-likeness (QED) is 0.498. The molecule has 3 aromatic rings. The van der Waals surface area contributed by atoms with Crippen molar-refractivity contribution in [1.82, 2.24) is 14.9 Å².